The van der Waals surface area contributed by atoms with Gasteiger partial charge in [0, 0.05) is 17.8 Å². The van der Waals surface area contributed by atoms with Gasteiger partial charge in [-0.15, -0.1) is 0 Å². The lowest BCUT2D eigenvalue weighted by molar-refractivity contribution is 0.0761. The van der Waals surface area contributed by atoms with Crippen LogP contribution in [0.3, 0.4) is 0 Å². The van der Waals surface area contributed by atoms with E-state index in [0.717, 1.165) is 12.0 Å². The van der Waals surface area contributed by atoms with Gasteiger partial charge >= 0.3 is 0 Å². The second-order valence-electron chi connectivity index (χ2n) is 3.55. The van der Waals surface area contributed by atoms with E-state index in [1.807, 2.05) is 12.1 Å². The van der Waals surface area contributed by atoms with Crippen molar-refractivity contribution in [3.8, 4) is 6.07 Å². The van der Waals surface area contributed by atoms with Crippen molar-refractivity contribution in [1.82, 2.24) is 4.90 Å². The number of hydrogen-bond donors (Lipinski definition) is 1. The normalized spacial score (nSPS) is 14.6. The number of nitriles is 1. The molecule has 0 fully saturated rings. The summed E-state index contributed by atoms with van der Waals surface area (Å²) >= 11 is 0. The largest absolute Gasteiger partial charge is 0.399 e. The average Bonchev–Trinajstić information content (AvgIpc) is 2.23. The Morgan fingerprint density at radius 1 is 1.53 bits per heavy atom. The number of anilines is 1. The Balaban J connectivity index is 2.37. The van der Waals surface area contributed by atoms with Crippen LogP contribution in [-0.4, -0.2) is 23.9 Å². The highest BCUT2D eigenvalue weighted by molar-refractivity contribution is 5.97. The van der Waals surface area contributed by atoms with Crippen LogP contribution < -0.4 is 5.73 Å². The van der Waals surface area contributed by atoms with Crippen LogP contribution in [-0.2, 0) is 6.42 Å². The number of hydrogen-bond acceptors (Lipinski definition) is 3. The van der Waals surface area contributed by atoms with Gasteiger partial charge in [-0.25, -0.2) is 0 Å². The molecule has 76 valence electrons. The molecule has 2 rings (SSSR count). The molecule has 4 heteroatoms. The van der Waals surface area contributed by atoms with E-state index < -0.39 is 0 Å². The molecule has 1 aliphatic heterocycles. The summed E-state index contributed by atoms with van der Waals surface area (Å²) in [5.41, 5.74) is 7.86. The van der Waals surface area contributed by atoms with Gasteiger partial charge in [-0.1, -0.05) is 6.07 Å². The molecule has 4 nitrogen and oxygen atoms in total. The van der Waals surface area contributed by atoms with Crippen LogP contribution in [0.5, 0.6) is 0 Å². The van der Waals surface area contributed by atoms with Crippen LogP contribution >= 0.6 is 0 Å². The lowest BCUT2D eigenvalue weighted by Gasteiger charge is -2.26. The summed E-state index contributed by atoms with van der Waals surface area (Å²) in [6, 6.07) is 7.35. The van der Waals surface area contributed by atoms with Crippen molar-refractivity contribution < 1.29 is 4.79 Å². The molecule has 2 N–H and O–H groups in total. The Morgan fingerprint density at radius 3 is 3.07 bits per heavy atom. The molecule has 1 heterocycles. The first-order chi connectivity index (χ1) is 7.22. The maximum absolute atomic E-state index is 11.9. The summed E-state index contributed by atoms with van der Waals surface area (Å²) in [6.07, 6.45) is 0.795. The highest BCUT2D eigenvalue weighted by atomic mass is 16.2. The van der Waals surface area contributed by atoms with Gasteiger partial charge in [0.15, 0.2) is 0 Å². The first kappa shape index (κ1) is 9.53. The lowest BCUT2D eigenvalue weighted by Crippen LogP contribution is -2.37. The molecule has 1 aromatic carbocycles. The molecule has 0 atom stereocenters. The number of nitrogens with zero attached hydrogens (tertiary/aromatic N) is 2. The van der Waals surface area contributed by atoms with Crippen LogP contribution in [0, 0.1) is 11.3 Å². The van der Waals surface area contributed by atoms with Gasteiger partial charge in [0.25, 0.3) is 5.91 Å². The second-order valence-corrected chi connectivity index (χ2v) is 3.55. The third-order valence-electron chi connectivity index (χ3n) is 2.56. The zero-order valence-corrected chi connectivity index (χ0v) is 8.23. The first-order valence-corrected chi connectivity index (χ1v) is 4.77. The molecule has 15 heavy (non-hydrogen) atoms. The predicted molar refractivity (Wildman–Crippen MR) is 56.1 cm³/mol. The van der Waals surface area contributed by atoms with Gasteiger partial charge in [0.05, 0.1) is 6.07 Å². The summed E-state index contributed by atoms with van der Waals surface area (Å²) in [5, 5.41) is 8.57. The van der Waals surface area contributed by atoms with E-state index in [1.165, 1.54) is 0 Å². The Morgan fingerprint density at radius 2 is 2.33 bits per heavy atom. The van der Waals surface area contributed by atoms with Crippen molar-refractivity contribution in [2.45, 2.75) is 6.42 Å². The first-order valence-electron chi connectivity index (χ1n) is 4.77. The fraction of sp³-hybridized carbons (Fsp3) is 0.273. The molecule has 0 spiro atoms. The van der Waals surface area contributed by atoms with E-state index in [-0.39, 0.29) is 12.5 Å². The van der Waals surface area contributed by atoms with Gasteiger partial charge in [-0.05, 0) is 24.1 Å². The zero-order chi connectivity index (χ0) is 10.8. The standard InChI is InChI=1S/C11H11N3O/c12-4-6-14-5-3-8-1-2-9(13)7-10(8)11(14)15/h1-2,7H,3,5-6,13H2. The van der Waals surface area contributed by atoms with E-state index >= 15 is 0 Å². The fourth-order valence-electron chi connectivity index (χ4n) is 1.77. The monoisotopic (exact) mass is 201 g/mol. The van der Waals surface area contributed by atoms with E-state index in [1.54, 1.807) is 17.0 Å². The molecule has 1 aliphatic rings. The number of nitrogen functional groups attached to an aromatic ring is 1. The Kier molecular flexibility index (Phi) is 2.30. The molecule has 1 amide bonds. The number of fused-ring (bicyclic) bond motifs is 1. The highest BCUT2D eigenvalue weighted by Gasteiger charge is 2.23. The molecule has 0 saturated heterocycles. The smallest absolute Gasteiger partial charge is 0.255 e. The molecular weight excluding hydrogens is 190 g/mol. The molecule has 1 aromatic rings. The number of amides is 1. The van der Waals surface area contributed by atoms with Crippen molar-refractivity contribution in [3.63, 3.8) is 0 Å². The summed E-state index contributed by atoms with van der Waals surface area (Å²) in [6.45, 7) is 0.760. The number of benzene rings is 1. The highest BCUT2D eigenvalue weighted by Crippen LogP contribution is 2.20. The molecule has 0 bridgehead atoms. The molecule has 0 radical (unpaired) electrons. The maximum Gasteiger partial charge on any atom is 0.255 e. The summed E-state index contributed by atoms with van der Waals surface area (Å²) < 4.78 is 0. The third kappa shape index (κ3) is 1.64. The Labute approximate surface area is 87.9 Å². The minimum Gasteiger partial charge on any atom is -0.399 e. The SMILES string of the molecule is N#CCN1CCc2ccc(N)cc2C1=O. The topological polar surface area (TPSA) is 70.1 Å². The van der Waals surface area contributed by atoms with Crippen LogP contribution in [0.25, 0.3) is 0 Å². The van der Waals surface area contributed by atoms with E-state index in [0.29, 0.717) is 17.8 Å². The van der Waals surface area contributed by atoms with Gasteiger partial charge in [0.1, 0.15) is 6.54 Å². The maximum atomic E-state index is 11.9. The predicted octanol–water partition coefficient (Wildman–Crippen LogP) is 0.791. The second kappa shape index (κ2) is 3.62. The Bertz CT molecular complexity index is 448. The van der Waals surface area contributed by atoms with Gasteiger partial charge in [0.2, 0.25) is 0 Å². The molecule has 0 unspecified atom stereocenters. The average molecular weight is 201 g/mol. The quantitative estimate of drug-likeness (QED) is 0.539. The van der Waals surface area contributed by atoms with Crippen molar-refractivity contribution >= 4 is 11.6 Å². The van der Waals surface area contributed by atoms with E-state index in [4.69, 9.17) is 11.0 Å². The number of nitrogens with two attached hydrogens (primary N) is 1. The van der Waals surface area contributed by atoms with Crippen LogP contribution in [0.2, 0.25) is 0 Å². The number of carbonyl (C=O) groups excluding carboxylic acids is 1. The summed E-state index contributed by atoms with van der Waals surface area (Å²) in [4.78, 5) is 13.4. The molecule has 0 aromatic heterocycles. The van der Waals surface area contributed by atoms with Crippen LogP contribution in [0.15, 0.2) is 18.2 Å². The van der Waals surface area contributed by atoms with Crippen molar-refractivity contribution in [2.75, 3.05) is 18.8 Å². The fourth-order valence-corrected chi connectivity index (χ4v) is 1.77. The van der Waals surface area contributed by atoms with Crippen molar-refractivity contribution in [3.05, 3.63) is 29.3 Å². The third-order valence-corrected chi connectivity index (χ3v) is 2.56. The van der Waals surface area contributed by atoms with Gasteiger partial charge in [-0.2, -0.15) is 5.26 Å². The molecule has 0 saturated carbocycles. The lowest BCUT2D eigenvalue weighted by atomic mass is 9.98. The Hall–Kier alpha value is -2.02. The van der Waals surface area contributed by atoms with E-state index in [9.17, 15) is 4.79 Å². The van der Waals surface area contributed by atoms with Crippen molar-refractivity contribution in [1.29, 1.82) is 5.26 Å². The van der Waals surface area contributed by atoms with Gasteiger partial charge in [-0.3, -0.25) is 4.79 Å². The zero-order valence-electron chi connectivity index (χ0n) is 8.23. The van der Waals surface area contributed by atoms with E-state index in [2.05, 4.69) is 0 Å². The number of carbonyl (C=O) groups is 1. The summed E-state index contributed by atoms with van der Waals surface area (Å²) in [7, 11) is 0. The number of rotatable bonds is 1. The molecular formula is C11H11N3O. The minimum absolute atomic E-state index is 0.0925. The minimum atomic E-state index is -0.0925. The summed E-state index contributed by atoms with van der Waals surface area (Å²) in [5.74, 6) is -0.0925. The van der Waals surface area contributed by atoms with Crippen molar-refractivity contribution in [2.24, 2.45) is 0 Å². The van der Waals surface area contributed by atoms with Crippen LogP contribution in [0.4, 0.5) is 5.69 Å². The van der Waals surface area contributed by atoms with Gasteiger partial charge < -0.3 is 10.6 Å². The van der Waals surface area contributed by atoms with Crippen LogP contribution in [0.1, 0.15) is 15.9 Å². The molecule has 0 aliphatic carbocycles.